The Labute approximate surface area is 119 Å². The van der Waals surface area contributed by atoms with Crippen LogP contribution in [0.1, 0.15) is 27.2 Å². The normalized spacial score (nSPS) is 13.8. The molecule has 0 aromatic heterocycles. The largest absolute Gasteiger partial charge is 0.327 e. The molecule has 0 spiro atoms. The van der Waals surface area contributed by atoms with Crippen LogP contribution in [0.2, 0.25) is 0 Å². The van der Waals surface area contributed by atoms with Gasteiger partial charge in [-0.25, -0.2) is 13.6 Å². The average molecular weight is 299 g/mol. The second kappa shape index (κ2) is 5.90. The third-order valence-corrected chi connectivity index (χ3v) is 3.95. The van der Waals surface area contributed by atoms with Gasteiger partial charge < -0.3 is 11.1 Å². The fraction of sp³-hybridized carbons (Fsp3) is 0.462. The monoisotopic (exact) mass is 299 g/mol. The number of carbonyl (C=O) groups excluding carboxylic acids is 1. The molecule has 6 nitrogen and oxygen atoms in total. The van der Waals surface area contributed by atoms with E-state index in [2.05, 4.69) is 5.32 Å². The molecule has 1 atom stereocenters. The maximum atomic E-state index is 11.9. The van der Waals surface area contributed by atoms with Crippen LogP contribution in [0.25, 0.3) is 0 Å². The minimum Gasteiger partial charge on any atom is -0.327 e. The number of nitrogens with one attached hydrogen (secondary N) is 1. The van der Waals surface area contributed by atoms with Crippen molar-refractivity contribution in [3.8, 4) is 0 Å². The molecule has 1 amide bonds. The Balaban J connectivity index is 2.88. The van der Waals surface area contributed by atoms with Crippen LogP contribution in [0, 0.1) is 5.41 Å². The van der Waals surface area contributed by atoms with Gasteiger partial charge in [0.2, 0.25) is 15.9 Å². The highest BCUT2D eigenvalue weighted by Gasteiger charge is 2.24. The molecule has 0 heterocycles. The summed E-state index contributed by atoms with van der Waals surface area (Å²) in [4.78, 5) is 11.8. The molecule has 20 heavy (non-hydrogen) atoms. The Morgan fingerprint density at radius 1 is 1.30 bits per heavy atom. The topological polar surface area (TPSA) is 115 Å². The summed E-state index contributed by atoms with van der Waals surface area (Å²) in [5.41, 5.74) is 5.88. The quantitative estimate of drug-likeness (QED) is 0.770. The van der Waals surface area contributed by atoms with Gasteiger partial charge in [0.05, 0.1) is 5.69 Å². The van der Waals surface area contributed by atoms with E-state index >= 15 is 0 Å². The smallest absolute Gasteiger partial charge is 0.240 e. The Morgan fingerprint density at radius 2 is 1.85 bits per heavy atom. The second-order valence-electron chi connectivity index (χ2n) is 5.77. The maximum absolute atomic E-state index is 11.9. The molecule has 0 saturated carbocycles. The van der Waals surface area contributed by atoms with Gasteiger partial charge in [-0.05, 0) is 17.5 Å². The lowest BCUT2D eigenvalue weighted by atomic mass is 9.85. The van der Waals surface area contributed by atoms with E-state index in [9.17, 15) is 13.2 Å². The van der Waals surface area contributed by atoms with Crippen LogP contribution in [-0.4, -0.2) is 20.4 Å². The Bertz CT molecular complexity index is 591. The van der Waals surface area contributed by atoms with Crippen molar-refractivity contribution in [3.05, 3.63) is 24.3 Å². The average Bonchev–Trinajstić information content (AvgIpc) is 2.26. The number of amides is 1. The first-order chi connectivity index (χ1) is 9.01. The molecule has 0 bridgehead atoms. The molecular formula is C13H21N3O3S. The van der Waals surface area contributed by atoms with E-state index in [1.165, 1.54) is 18.2 Å². The first-order valence-corrected chi connectivity index (χ1v) is 7.73. The van der Waals surface area contributed by atoms with E-state index in [0.717, 1.165) is 0 Å². The van der Waals surface area contributed by atoms with Crippen LogP contribution < -0.4 is 16.2 Å². The third kappa shape index (κ3) is 4.59. The molecule has 0 fully saturated rings. The standard InChI is InChI=1S/C13H21N3O3S/c1-13(2,3)11(14)8-12(17)16-9-6-4-5-7-10(9)20(15,18)19/h4-7,11H,8,14H2,1-3H3,(H,16,17)(H2,15,18,19). The molecule has 112 valence electrons. The van der Waals surface area contributed by atoms with Crippen molar-refractivity contribution in [2.45, 2.75) is 38.1 Å². The highest BCUT2D eigenvalue weighted by molar-refractivity contribution is 7.89. The van der Waals surface area contributed by atoms with Gasteiger partial charge in [-0.15, -0.1) is 0 Å². The minimum atomic E-state index is -3.88. The molecule has 1 rings (SSSR count). The highest BCUT2D eigenvalue weighted by Crippen LogP contribution is 2.22. The SMILES string of the molecule is CC(C)(C)C(N)CC(=O)Nc1ccccc1S(N)(=O)=O. The van der Waals surface area contributed by atoms with Crippen molar-refractivity contribution in [2.24, 2.45) is 16.3 Å². The minimum absolute atomic E-state index is 0.0997. The predicted molar refractivity (Wildman–Crippen MR) is 78.5 cm³/mol. The van der Waals surface area contributed by atoms with Crippen LogP contribution in [-0.2, 0) is 14.8 Å². The summed E-state index contributed by atoms with van der Waals surface area (Å²) in [5, 5.41) is 7.64. The number of para-hydroxylation sites is 1. The molecule has 7 heteroatoms. The van der Waals surface area contributed by atoms with Gasteiger partial charge in [0, 0.05) is 12.5 Å². The van der Waals surface area contributed by atoms with E-state index in [0.29, 0.717) is 0 Å². The number of hydrogen-bond donors (Lipinski definition) is 3. The molecule has 0 saturated heterocycles. The predicted octanol–water partition coefficient (Wildman–Crippen LogP) is 1.04. The fourth-order valence-corrected chi connectivity index (χ4v) is 2.22. The van der Waals surface area contributed by atoms with Crippen LogP contribution in [0.5, 0.6) is 0 Å². The summed E-state index contributed by atoms with van der Waals surface area (Å²) >= 11 is 0. The van der Waals surface area contributed by atoms with Gasteiger partial charge in [0.25, 0.3) is 0 Å². The lowest BCUT2D eigenvalue weighted by Crippen LogP contribution is -2.38. The summed E-state index contributed by atoms with van der Waals surface area (Å²) in [5.74, 6) is -0.344. The van der Waals surface area contributed by atoms with Crippen molar-refractivity contribution in [2.75, 3.05) is 5.32 Å². The zero-order valence-electron chi connectivity index (χ0n) is 11.9. The van der Waals surface area contributed by atoms with Gasteiger partial charge >= 0.3 is 0 Å². The van der Waals surface area contributed by atoms with E-state index in [4.69, 9.17) is 10.9 Å². The molecule has 0 aliphatic rings. The number of rotatable bonds is 4. The van der Waals surface area contributed by atoms with E-state index in [1.54, 1.807) is 6.07 Å². The lowest BCUT2D eigenvalue weighted by molar-refractivity contribution is -0.117. The first kappa shape index (κ1) is 16.6. The molecule has 5 N–H and O–H groups in total. The van der Waals surface area contributed by atoms with Crippen LogP contribution in [0.4, 0.5) is 5.69 Å². The number of benzene rings is 1. The molecular weight excluding hydrogens is 278 g/mol. The van der Waals surface area contributed by atoms with Gasteiger partial charge in [0.1, 0.15) is 4.90 Å². The summed E-state index contributed by atoms with van der Waals surface area (Å²) in [7, 11) is -3.88. The third-order valence-electron chi connectivity index (χ3n) is 2.99. The molecule has 1 aromatic carbocycles. The number of nitrogens with two attached hydrogens (primary N) is 2. The molecule has 0 aliphatic heterocycles. The van der Waals surface area contributed by atoms with Gasteiger partial charge in [-0.3, -0.25) is 4.79 Å². The van der Waals surface area contributed by atoms with Crippen molar-refractivity contribution < 1.29 is 13.2 Å². The van der Waals surface area contributed by atoms with Crippen molar-refractivity contribution in [1.82, 2.24) is 0 Å². The lowest BCUT2D eigenvalue weighted by Gasteiger charge is -2.26. The van der Waals surface area contributed by atoms with E-state index in [-0.39, 0.29) is 34.4 Å². The van der Waals surface area contributed by atoms with Gasteiger partial charge in [-0.1, -0.05) is 32.9 Å². The highest BCUT2D eigenvalue weighted by atomic mass is 32.2. The second-order valence-corrected chi connectivity index (χ2v) is 7.30. The van der Waals surface area contributed by atoms with Gasteiger partial charge in [-0.2, -0.15) is 0 Å². The number of carbonyl (C=O) groups is 1. The number of primary sulfonamides is 1. The van der Waals surface area contributed by atoms with Crippen LogP contribution in [0.15, 0.2) is 29.2 Å². The first-order valence-electron chi connectivity index (χ1n) is 6.19. The number of anilines is 1. The van der Waals surface area contributed by atoms with Crippen molar-refractivity contribution in [3.63, 3.8) is 0 Å². The summed E-state index contributed by atoms with van der Waals surface area (Å²) in [6, 6.07) is 5.66. The van der Waals surface area contributed by atoms with Crippen molar-refractivity contribution >= 4 is 21.6 Å². The van der Waals surface area contributed by atoms with Crippen LogP contribution >= 0.6 is 0 Å². The van der Waals surface area contributed by atoms with E-state index in [1.807, 2.05) is 20.8 Å². The molecule has 1 aromatic rings. The Morgan fingerprint density at radius 3 is 2.35 bits per heavy atom. The number of hydrogen-bond acceptors (Lipinski definition) is 4. The molecule has 1 unspecified atom stereocenters. The fourth-order valence-electron chi connectivity index (χ4n) is 1.53. The van der Waals surface area contributed by atoms with Crippen molar-refractivity contribution in [1.29, 1.82) is 0 Å². The molecule has 0 radical (unpaired) electrons. The zero-order chi connectivity index (χ0) is 15.6. The number of sulfonamides is 1. The van der Waals surface area contributed by atoms with Crippen LogP contribution in [0.3, 0.4) is 0 Å². The summed E-state index contributed by atoms with van der Waals surface area (Å²) in [6.07, 6.45) is 0.0997. The van der Waals surface area contributed by atoms with Gasteiger partial charge in [0.15, 0.2) is 0 Å². The van der Waals surface area contributed by atoms with E-state index < -0.39 is 10.0 Å². The Hall–Kier alpha value is -1.44. The Kier molecular flexibility index (Phi) is 4.90. The summed E-state index contributed by atoms with van der Waals surface area (Å²) in [6.45, 7) is 5.80. The molecule has 0 aliphatic carbocycles. The summed E-state index contributed by atoms with van der Waals surface area (Å²) < 4.78 is 22.8. The zero-order valence-corrected chi connectivity index (χ0v) is 12.7. The maximum Gasteiger partial charge on any atom is 0.240 e.